The van der Waals surface area contributed by atoms with E-state index in [4.69, 9.17) is 0 Å². The Bertz CT molecular complexity index is 691. The van der Waals surface area contributed by atoms with Gasteiger partial charge in [0.15, 0.2) is 6.61 Å². The van der Waals surface area contributed by atoms with Gasteiger partial charge in [0.1, 0.15) is 0 Å². The lowest BCUT2D eigenvalue weighted by atomic mass is 10.1. The van der Waals surface area contributed by atoms with E-state index in [1.165, 1.54) is 6.20 Å². The molecule has 2 rings (SSSR count). The number of halogens is 1. The van der Waals surface area contributed by atoms with Crippen molar-refractivity contribution in [1.29, 1.82) is 0 Å². The highest BCUT2D eigenvalue weighted by molar-refractivity contribution is 9.10. The number of hydrogen-bond donors (Lipinski definition) is 1. The van der Waals surface area contributed by atoms with Gasteiger partial charge in [-0.15, -0.1) is 0 Å². The van der Waals surface area contributed by atoms with E-state index >= 15 is 0 Å². The zero-order valence-electron chi connectivity index (χ0n) is 10.4. The van der Waals surface area contributed by atoms with Crippen LogP contribution in [-0.2, 0) is 19.1 Å². The second-order valence-corrected chi connectivity index (χ2v) is 4.79. The maximum Gasteiger partial charge on any atom is 0.380 e. The van der Waals surface area contributed by atoms with Crippen LogP contribution in [0.3, 0.4) is 0 Å². The Hall–Kier alpha value is -2.15. The molecule has 0 bridgehead atoms. The third-order valence-corrected chi connectivity index (χ3v) is 3.12. The van der Waals surface area contributed by atoms with Crippen LogP contribution in [0.1, 0.15) is 10.4 Å². The van der Waals surface area contributed by atoms with Gasteiger partial charge < -0.3 is 14.5 Å². The van der Waals surface area contributed by atoms with E-state index in [1.807, 2.05) is 6.07 Å². The fraction of sp³-hybridized carbons (Fsp3) is 0.154. The molecule has 1 N–H and O–H groups in total. The standard InChI is InChI=1S/C13H10BrNO5/c1-19-11(16)6-20-13(18)12(17)9-5-15-10-3-2-7(14)4-8(9)10/h2-5,15H,6H2,1H3. The molecule has 0 radical (unpaired) electrons. The van der Waals surface area contributed by atoms with Gasteiger partial charge in [-0.05, 0) is 18.2 Å². The van der Waals surface area contributed by atoms with E-state index in [2.05, 4.69) is 30.4 Å². The molecule has 0 spiro atoms. The summed E-state index contributed by atoms with van der Waals surface area (Å²) in [5.74, 6) is -2.65. The average molecular weight is 340 g/mol. The molecule has 2 aromatic rings. The monoisotopic (exact) mass is 339 g/mol. The Labute approximate surface area is 122 Å². The van der Waals surface area contributed by atoms with Gasteiger partial charge in [-0.25, -0.2) is 9.59 Å². The first-order valence-electron chi connectivity index (χ1n) is 5.58. The molecule has 0 fully saturated rings. The Balaban J connectivity index is 2.21. The minimum absolute atomic E-state index is 0.191. The highest BCUT2D eigenvalue weighted by Gasteiger charge is 2.22. The molecule has 0 aliphatic carbocycles. The summed E-state index contributed by atoms with van der Waals surface area (Å²) in [7, 11) is 1.16. The second-order valence-electron chi connectivity index (χ2n) is 3.87. The second kappa shape index (κ2) is 5.87. The number of carbonyl (C=O) groups is 3. The topological polar surface area (TPSA) is 85.5 Å². The van der Waals surface area contributed by atoms with Crippen LogP contribution in [-0.4, -0.2) is 36.4 Å². The number of Topliss-reactive ketones (excluding diaryl/α,β-unsaturated/α-hetero) is 1. The zero-order chi connectivity index (χ0) is 14.7. The highest BCUT2D eigenvalue weighted by atomic mass is 79.9. The van der Waals surface area contributed by atoms with Crippen LogP contribution in [0.15, 0.2) is 28.9 Å². The van der Waals surface area contributed by atoms with E-state index in [-0.39, 0.29) is 5.56 Å². The van der Waals surface area contributed by atoms with Gasteiger partial charge in [-0.2, -0.15) is 0 Å². The summed E-state index contributed by atoms with van der Waals surface area (Å²) in [6.45, 7) is -0.590. The summed E-state index contributed by atoms with van der Waals surface area (Å²) in [5, 5.41) is 0.597. The molecule has 0 atom stereocenters. The van der Waals surface area contributed by atoms with Crippen LogP contribution in [0.2, 0.25) is 0 Å². The minimum Gasteiger partial charge on any atom is -0.466 e. The average Bonchev–Trinajstić information content (AvgIpc) is 2.86. The summed E-state index contributed by atoms with van der Waals surface area (Å²) in [4.78, 5) is 37.3. The van der Waals surface area contributed by atoms with Crippen molar-refractivity contribution in [3.05, 3.63) is 34.4 Å². The number of benzene rings is 1. The van der Waals surface area contributed by atoms with Gasteiger partial charge in [0, 0.05) is 21.6 Å². The predicted molar refractivity (Wildman–Crippen MR) is 73.3 cm³/mol. The molecule has 0 aliphatic heterocycles. The molecule has 0 unspecified atom stereocenters. The summed E-state index contributed by atoms with van der Waals surface area (Å²) in [6, 6.07) is 5.30. The first-order chi connectivity index (χ1) is 9.52. The number of aromatic amines is 1. The largest absolute Gasteiger partial charge is 0.466 e. The van der Waals surface area contributed by atoms with Crippen molar-refractivity contribution in [1.82, 2.24) is 4.98 Å². The Morgan fingerprint density at radius 3 is 2.75 bits per heavy atom. The third-order valence-electron chi connectivity index (χ3n) is 2.62. The van der Waals surface area contributed by atoms with Crippen molar-refractivity contribution in [2.75, 3.05) is 13.7 Å². The number of ether oxygens (including phenoxy) is 2. The van der Waals surface area contributed by atoms with Crippen molar-refractivity contribution in [2.45, 2.75) is 0 Å². The molecular formula is C13H10BrNO5. The summed E-state index contributed by atoms with van der Waals surface area (Å²) < 4.78 is 9.67. The smallest absolute Gasteiger partial charge is 0.380 e. The van der Waals surface area contributed by atoms with E-state index in [0.717, 1.165) is 17.1 Å². The van der Waals surface area contributed by atoms with Crippen LogP contribution in [0, 0.1) is 0 Å². The van der Waals surface area contributed by atoms with Gasteiger partial charge in [-0.3, -0.25) is 4.79 Å². The molecule has 1 aromatic heterocycles. The van der Waals surface area contributed by atoms with Crippen LogP contribution in [0.25, 0.3) is 10.9 Å². The summed E-state index contributed by atoms with van der Waals surface area (Å²) >= 11 is 3.29. The molecule has 0 saturated heterocycles. The fourth-order valence-corrected chi connectivity index (χ4v) is 2.00. The number of methoxy groups -OCH3 is 1. The molecule has 7 heteroatoms. The quantitative estimate of drug-likeness (QED) is 0.521. The van der Waals surface area contributed by atoms with Crippen molar-refractivity contribution < 1.29 is 23.9 Å². The first-order valence-corrected chi connectivity index (χ1v) is 6.37. The molecule has 0 amide bonds. The summed E-state index contributed by atoms with van der Waals surface area (Å²) in [6.07, 6.45) is 1.43. The highest BCUT2D eigenvalue weighted by Crippen LogP contribution is 2.23. The van der Waals surface area contributed by atoms with Crippen LogP contribution in [0.5, 0.6) is 0 Å². The number of rotatable bonds is 4. The van der Waals surface area contributed by atoms with Crippen molar-refractivity contribution in [3.8, 4) is 0 Å². The molecule has 0 saturated carbocycles. The van der Waals surface area contributed by atoms with Crippen molar-refractivity contribution in [2.24, 2.45) is 0 Å². The Morgan fingerprint density at radius 2 is 2.05 bits per heavy atom. The lowest BCUT2D eigenvalue weighted by Gasteiger charge is -2.02. The fourth-order valence-electron chi connectivity index (χ4n) is 1.64. The number of esters is 2. The van der Waals surface area contributed by atoms with Gasteiger partial charge in [0.05, 0.1) is 12.7 Å². The van der Waals surface area contributed by atoms with Crippen molar-refractivity contribution in [3.63, 3.8) is 0 Å². The molecule has 104 valence electrons. The number of carbonyl (C=O) groups excluding carboxylic acids is 3. The number of fused-ring (bicyclic) bond motifs is 1. The number of H-pyrrole nitrogens is 1. The molecule has 0 aliphatic rings. The normalized spacial score (nSPS) is 10.3. The third kappa shape index (κ3) is 2.88. The first kappa shape index (κ1) is 14.3. The Morgan fingerprint density at radius 1 is 1.30 bits per heavy atom. The lowest BCUT2D eigenvalue weighted by molar-refractivity contribution is -0.154. The summed E-state index contributed by atoms with van der Waals surface area (Å²) in [5.41, 5.74) is 0.911. The van der Waals surface area contributed by atoms with Crippen molar-refractivity contribution >= 4 is 44.6 Å². The van der Waals surface area contributed by atoms with E-state index in [0.29, 0.717) is 5.39 Å². The molecule has 1 heterocycles. The number of aromatic nitrogens is 1. The van der Waals surface area contributed by atoms with Crippen LogP contribution in [0.4, 0.5) is 0 Å². The SMILES string of the molecule is COC(=O)COC(=O)C(=O)c1c[nH]c2ccc(Br)cc12. The van der Waals surface area contributed by atoms with E-state index in [1.54, 1.807) is 12.1 Å². The van der Waals surface area contributed by atoms with E-state index < -0.39 is 24.3 Å². The molecule has 6 nitrogen and oxygen atoms in total. The maximum absolute atomic E-state index is 12.0. The van der Waals surface area contributed by atoms with Crippen LogP contribution >= 0.6 is 15.9 Å². The molecular weight excluding hydrogens is 330 g/mol. The molecule has 20 heavy (non-hydrogen) atoms. The van der Waals surface area contributed by atoms with E-state index in [9.17, 15) is 14.4 Å². The maximum atomic E-state index is 12.0. The number of hydrogen-bond acceptors (Lipinski definition) is 5. The lowest BCUT2D eigenvalue weighted by Crippen LogP contribution is -2.21. The van der Waals surface area contributed by atoms with Gasteiger partial charge in [0.25, 0.3) is 5.78 Å². The minimum atomic E-state index is -1.10. The number of ketones is 1. The van der Waals surface area contributed by atoms with Gasteiger partial charge in [-0.1, -0.05) is 15.9 Å². The van der Waals surface area contributed by atoms with Gasteiger partial charge in [0.2, 0.25) is 0 Å². The molecule has 1 aromatic carbocycles. The van der Waals surface area contributed by atoms with Gasteiger partial charge >= 0.3 is 11.9 Å². The Kier molecular flexibility index (Phi) is 4.19. The van der Waals surface area contributed by atoms with Crippen LogP contribution < -0.4 is 0 Å². The zero-order valence-corrected chi connectivity index (χ0v) is 12.0. The predicted octanol–water partition coefficient (Wildman–Crippen LogP) is 1.83. The number of nitrogens with one attached hydrogen (secondary N) is 1.